The number of nitrogens with zero attached hydrogens (tertiary/aromatic N) is 5. The van der Waals surface area contributed by atoms with E-state index in [9.17, 15) is 18.0 Å². The van der Waals surface area contributed by atoms with Gasteiger partial charge in [0.25, 0.3) is 5.91 Å². The van der Waals surface area contributed by atoms with Crippen LogP contribution in [0.5, 0.6) is 5.75 Å². The number of carbonyl (C=O) groups excluding carboxylic acids is 1. The predicted octanol–water partition coefficient (Wildman–Crippen LogP) is 4.31. The highest BCUT2D eigenvalue weighted by atomic mass is 19.4. The van der Waals surface area contributed by atoms with E-state index < -0.39 is 25.2 Å². The molecule has 43 heavy (non-hydrogen) atoms. The number of carbonyl (C=O) groups is 1. The lowest BCUT2D eigenvalue weighted by atomic mass is 10.0. The Bertz CT molecular complexity index is 1710. The summed E-state index contributed by atoms with van der Waals surface area (Å²) in [6.07, 6.45) is -4.18. The molecule has 0 saturated carbocycles. The van der Waals surface area contributed by atoms with Crippen molar-refractivity contribution < 1.29 is 36.3 Å². The minimum absolute atomic E-state index is 0.0290. The van der Waals surface area contributed by atoms with E-state index in [-0.39, 0.29) is 39.6 Å². The van der Waals surface area contributed by atoms with Crippen molar-refractivity contribution in [2.75, 3.05) is 63.0 Å². The zero-order chi connectivity index (χ0) is 33.2. The van der Waals surface area contributed by atoms with Crippen LogP contribution in [-0.4, -0.2) is 79.3 Å². The van der Waals surface area contributed by atoms with E-state index in [2.05, 4.69) is 30.6 Å². The molecule has 4 aromatic rings. The summed E-state index contributed by atoms with van der Waals surface area (Å²) in [5, 5.41) is 12.5. The number of hydrogen-bond acceptors (Lipinski definition) is 10. The van der Waals surface area contributed by atoms with Crippen LogP contribution in [0.25, 0.3) is 10.9 Å². The first-order valence-corrected chi connectivity index (χ1v) is 13.1. The van der Waals surface area contributed by atoms with Crippen LogP contribution in [0.1, 0.15) is 26.1 Å². The van der Waals surface area contributed by atoms with Gasteiger partial charge < -0.3 is 35.1 Å². The van der Waals surface area contributed by atoms with Crippen molar-refractivity contribution in [3.05, 3.63) is 53.9 Å². The van der Waals surface area contributed by atoms with Crippen LogP contribution in [0.2, 0.25) is 0 Å². The van der Waals surface area contributed by atoms with Crippen molar-refractivity contribution in [2.45, 2.75) is 12.3 Å². The van der Waals surface area contributed by atoms with Crippen molar-refractivity contribution in [2.24, 2.45) is 7.05 Å². The molecule has 1 aliphatic rings. The topological polar surface area (TPSA) is 128 Å². The molecule has 0 radical (unpaired) electrons. The van der Waals surface area contributed by atoms with Gasteiger partial charge in [0, 0.05) is 56.2 Å². The summed E-state index contributed by atoms with van der Waals surface area (Å²) in [4.78, 5) is 23.9. The summed E-state index contributed by atoms with van der Waals surface area (Å²) in [6, 6.07) is 7.75. The number of benzene rings is 1. The Morgan fingerprint density at radius 3 is 2.51 bits per heavy atom. The number of halogens is 3. The summed E-state index contributed by atoms with van der Waals surface area (Å²) in [7, 11) is 3.74. The Labute approximate surface area is 249 Å². The lowest BCUT2D eigenvalue weighted by molar-refractivity contribution is -0.216. The number of amides is 1. The van der Waals surface area contributed by atoms with Gasteiger partial charge in [0.2, 0.25) is 0 Å². The average Bonchev–Trinajstić information content (AvgIpc) is 3.31. The number of aromatic nitrogens is 4. The molecule has 1 aromatic carbocycles. The molecule has 228 valence electrons. The van der Waals surface area contributed by atoms with Crippen LogP contribution < -0.4 is 25.6 Å². The van der Waals surface area contributed by atoms with E-state index in [1.807, 2.05) is 11.4 Å². The molecule has 15 heteroatoms. The number of morpholine rings is 1. The molecule has 0 bridgehead atoms. The molecule has 0 aliphatic carbocycles. The quantitative estimate of drug-likeness (QED) is 0.255. The Kier molecular flexibility index (Phi) is 7.45. The van der Waals surface area contributed by atoms with E-state index in [1.165, 1.54) is 30.0 Å². The minimum atomic E-state index is -4.74. The number of rotatable bonds is 9. The largest absolute Gasteiger partial charge is 0.496 e. The molecule has 3 N–H and O–H groups in total. The maximum atomic E-state index is 13.9. The van der Waals surface area contributed by atoms with Gasteiger partial charge in [-0.05, 0) is 18.2 Å². The number of fused-ring (bicyclic) bond motifs is 1. The summed E-state index contributed by atoms with van der Waals surface area (Å²) < 4.78 is 81.0. The van der Waals surface area contributed by atoms with Crippen LogP contribution in [0.15, 0.2) is 42.7 Å². The summed E-state index contributed by atoms with van der Waals surface area (Å²) in [5.41, 5.74) is 0.917. The van der Waals surface area contributed by atoms with Gasteiger partial charge in [-0.25, -0.2) is 9.97 Å². The van der Waals surface area contributed by atoms with Gasteiger partial charge in [0.1, 0.15) is 17.4 Å². The first kappa shape index (κ1) is 26.0. The molecular formula is C28H31F3N8O4. The normalized spacial score (nSPS) is 15.8. The minimum Gasteiger partial charge on any atom is -0.496 e. The monoisotopic (exact) mass is 603 g/mol. The third-order valence-corrected chi connectivity index (χ3v) is 6.92. The van der Waals surface area contributed by atoms with Crippen LogP contribution >= 0.6 is 0 Å². The van der Waals surface area contributed by atoms with E-state index in [4.69, 9.17) is 18.3 Å². The fourth-order valence-corrected chi connectivity index (χ4v) is 4.89. The van der Waals surface area contributed by atoms with Gasteiger partial charge in [-0.1, -0.05) is 6.07 Å². The Hall–Kier alpha value is -4.63. The molecule has 1 saturated heterocycles. The second kappa shape index (κ2) is 12.3. The lowest BCUT2D eigenvalue weighted by Gasteiger charge is -2.28. The van der Waals surface area contributed by atoms with Gasteiger partial charge in [0.15, 0.2) is 11.9 Å². The van der Waals surface area contributed by atoms with Gasteiger partial charge in [-0.3, -0.25) is 9.48 Å². The number of nitrogens with one attached hydrogen (secondary N) is 3. The lowest BCUT2D eigenvalue weighted by Crippen LogP contribution is -2.36. The second-order valence-electron chi connectivity index (χ2n) is 9.53. The molecule has 5 rings (SSSR count). The van der Waals surface area contributed by atoms with Crippen molar-refractivity contribution in [1.82, 2.24) is 25.1 Å². The number of methoxy groups -OCH3 is 2. The fourth-order valence-electron chi connectivity index (χ4n) is 4.89. The van der Waals surface area contributed by atoms with Gasteiger partial charge in [0.05, 0.1) is 54.4 Å². The molecule has 1 aliphatic heterocycles. The third kappa shape index (κ3) is 6.12. The first-order valence-electron chi connectivity index (χ1n) is 14.6. The van der Waals surface area contributed by atoms with Crippen LogP contribution in [-0.2, 0) is 16.5 Å². The van der Waals surface area contributed by atoms with E-state index in [0.29, 0.717) is 24.5 Å². The van der Waals surface area contributed by atoms with E-state index in [0.717, 1.165) is 32.1 Å². The van der Waals surface area contributed by atoms with Gasteiger partial charge >= 0.3 is 6.18 Å². The zero-order valence-corrected chi connectivity index (χ0v) is 23.5. The SMILES string of the molecule is [2H]C([2H])([2H])NC(=O)c1cnc(Nc2ccc(N3CCOCC3)cn2)cc1Nc1nn(C)c2ccc([C@H](OC)C(F)(F)F)c(OC)c12. The van der Waals surface area contributed by atoms with Crippen LogP contribution in [0.3, 0.4) is 0 Å². The van der Waals surface area contributed by atoms with Gasteiger partial charge in [-0.2, -0.15) is 18.3 Å². The maximum absolute atomic E-state index is 13.9. The molecule has 0 unspecified atom stereocenters. The molecule has 4 heterocycles. The van der Waals surface area contributed by atoms with Gasteiger partial charge in [-0.15, -0.1) is 0 Å². The van der Waals surface area contributed by atoms with E-state index >= 15 is 0 Å². The third-order valence-electron chi connectivity index (χ3n) is 6.92. The first-order chi connectivity index (χ1) is 21.8. The molecule has 3 aromatic heterocycles. The molecule has 1 amide bonds. The number of alkyl halides is 3. The molecule has 12 nitrogen and oxygen atoms in total. The highest BCUT2D eigenvalue weighted by Crippen LogP contribution is 2.44. The van der Waals surface area contributed by atoms with Crippen molar-refractivity contribution >= 4 is 45.6 Å². The smallest absolute Gasteiger partial charge is 0.418 e. The number of aryl methyl sites for hydroxylation is 1. The molecule has 0 spiro atoms. The fraction of sp³-hybridized carbons (Fsp3) is 0.357. The summed E-state index contributed by atoms with van der Waals surface area (Å²) >= 11 is 0. The van der Waals surface area contributed by atoms with Crippen molar-refractivity contribution in [1.29, 1.82) is 0 Å². The molecule has 1 atom stereocenters. The molecule has 1 fully saturated rings. The highest BCUT2D eigenvalue weighted by Gasteiger charge is 2.43. The standard InChI is InChI=1S/C28H31F3N8O4/c1-32-27(40)18-15-34-22(36-21-8-5-16(14-33-21)39-9-11-43-12-10-39)13-19(18)35-26-23-20(38(2)37-26)7-6-17(24(23)41-3)25(42-4)28(29,30)31/h5-8,13-15,25H,9-12H2,1-4H3,(H,32,40)(H2,33,34,35,36,37)/t25-/m0/s1/i1D3. The summed E-state index contributed by atoms with van der Waals surface area (Å²) in [5.74, 6) is -0.436. The van der Waals surface area contributed by atoms with Crippen LogP contribution in [0.4, 0.5) is 42.0 Å². The summed E-state index contributed by atoms with van der Waals surface area (Å²) in [6.45, 7) is -0.0892. The zero-order valence-electron chi connectivity index (χ0n) is 26.5. The molecular weight excluding hydrogens is 569 g/mol. The highest BCUT2D eigenvalue weighted by molar-refractivity contribution is 6.03. The Balaban J connectivity index is 1.54. The Morgan fingerprint density at radius 1 is 1.09 bits per heavy atom. The van der Waals surface area contributed by atoms with Crippen molar-refractivity contribution in [3.63, 3.8) is 0 Å². The van der Waals surface area contributed by atoms with E-state index in [1.54, 1.807) is 19.3 Å². The predicted molar refractivity (Wildman–Crippen MR) is 155 cm³/mol. The second-order valence-corrected chi connectivity index (χ2v) is 9.53. The Morgan fingerprint density at radius 2 is 1.86 bits per heavy atom. The maximum Gasteiger partial charge on any atom is 0.418 e. The number of anilines is 5. The van der Waals surface area contributed by atoms with Crippen molar-refractivity contribution in [3.8, 4) is 5.75 Å². The number of ether oxygens (including phenoxy) is 3. The van der Waals surface area contributed by atoms with Crippen LogP contribution in [0, 0.1) is 0 Å². The number of pyridine rings is 2. The number of hydrogen-bond donors (Lipinski definition) is 3. The average molecular weight is 604 g/mol.